The van der Waals surface area contributed by atoms with Crippen molar-refractivity contribution in [2.45, 2.75) is 6.54 Å². The average molecular weight is 188 g/mol. The first-order valence-electron chi connectivity index (χ1n) is 4.26. The maximum absolute atomic E-state index is 8.85. The van der Waals surface area contributed by atoms with Crippen LogP contribution in [-0.4, -0.2) is 16.3 Å². The summed E-state index contributed by atoms with van der Waals surface area (Å²) in [6.45, 7) is 7.81. The highest BCUT2D eigenvalue weighted by Gasteiger charge is 2.02. The van der Waals surface area contributed by atoms with Crippen LogP contribution in [0.1, 0.15) is 5.69 Å². The first-order chi connectivity index (χ1) is 6.74. The summed E-state index contributed by atoms with van der Waals surface area (Å²) in [5.41, 5.74) is 0.511. The molecule has 0 radical (unpaired) electrons. The van der Waals surface area contributed by atoms with Gasteiger partial charge in [0.25, 0.3) is 0 Å². The Morgan fingerprint density at radius 3 is 2.86 bits per heavy atom. The molecule has 0 aromatic carbocycles. The van der Waals surface area contributed by atoms with E-state index >= 15 is 0 Å². The highest BCUT2D eigenvalue weighted by molar-refractivity contribution is 5.38. The molecule has 0 aliphatic carbocycles. The first kappa shape index (κ1) is 10.3. The molecule has 0 aliphatic rings. The van der Waals surface area contributed by atoms with Gasteiger partial charge >= 0.3 is 0 Å². The number of rotatable bonds is 3. The zero-order chi connectivity index (χ0) is 10.6. The van der Waals surface area contributed by atoms with E-state index in [-0.39, 0.29) is 6.61 Å². The Labute approximate surface area is 82.5 Å². The smallest absolute Gasteiger partial charge is 0.121 e. The molecule has 1 N–H and O–H groups in total. The van der Waals surface area contributed by atoms with Crippen LogP contribution < -0.4 is 10.6 Å². The number of hydrogen-bond acceptors (Lipinski definition) is 2. The van der Waals surface area contributed by atoms with Gasteiger partial charge in [0.05, 0.1) is 6.61 Å². The monoisotopic (exact) mass is 188 g/mol. The van der Waals surface area contributed by atoms with Crippen molar-refractivity contribution in [2.75, 3.05) is 6.61 Å². The fraction of sp³-hybridized carbons (Fsp3) is 0.182. The van der Waals surface area contributed by atoms with Crippen LogP contribution in [0.2, 0.25) is 0 Å². The number of aliphatic hydroxyl groups is 1. The maximum atomic E-state index is 8.85. The minimum absolute atomic E-state index is 0.000777. The Balaban J connectivity index is 3.48. The minimum Gasteiger partial charge on any atom is -0.395 e. The lowest BCUT2D eigenvalue weighted by molar-refractivity contribution is 0.274. The van der Waals surface area contributed by atoms with Gasteiger partial charge in [-0.3, -0.25) is 0 Å². The molecule has 0 aliphatic heterocycles. The van der Waals surface area contributed by atoms with Gasteiger partial charge in [0, 0.05) is 11.9 Å². The van der Waals surface area contributed by atoms with Gasteiger partial charge in [-0.15, -0.1) is 0 Å². The molecule has 0 saturated carbocycles. The molecular formula is C11H12N2O. The molecule has 1 rings (SSSR count). The van der Waals surface area contributed by atoms with Crippen LogP contribution in [0.4, 0.5) is 0 Å². The number of nitrogens with zero attached hydrogens (tertiary/aromatic N) is 2. The summed E-state index contributed by atoms with van der Waals surface area (Å²) < 4.78 is 1.73. The quantitative estimate of drug-likeness (QED) is 0.709. The molecule has 0 spiro atoms. The molecule has 0 bridgehead atoms. The summed E-state index contributed by atoms with van der Waals surface area (Å²) in [6.07, 6.45) is 3.41. The highest BCUT2D eigenvalue weighted by atomic mass is 16.3. The molecule has 1 aromatic rings. The predicted molar refractivity (Wildman–Crippen MR) is 55.7 cm³/mol. The van der Waals surface area contributed by atoms with Gasteiger partial charge in [0.15, 0.2) is 0 Å². The SMILES string of the molecule is C=CC=c1c(=C)cc(C#N)n1CCO. The largest absolute Gasteiger partial charge is 0.395 e. The second-order valence-electron chi connectivity index (χ2n) is 2.83. The van der Waals surface area contributed by atoms with Gasteiger partial charge in [0.2, 0.25) is 0 Å². The van der Waals surface area contributed by atoms with Crippen molar-refractivity contribution in [1.82, 2.24) is 4.57 Å². The second-order valence-corrected chi connectivity index (χ2v) is 2.83. The number of hydrogen-bond donors (Lipinski definition) is 1. The summed E-state index contributed by atoms with van der Waals surface area (Å²) >= 11 is 0. The summed E-state index contributed by atoms with van der Waals surface area (Å²) in [6, 6.07) is 3.76. The zero-order valence-corrected chi connectivity index (χ0v) is 7.90. The Kier molecular flexibility index (Phi) is 3.27. The van der Waals surface area contributed by atoms with E-state index in [1.165, 1.54) is 0 Å². The van der Waals surface area contributed by atoms with Crippen LogP contribution in [0.25, 0.3) is 12.7 Å². The Morgan fingerprint density at radius 2 is 2.36 bits per heavy atom. The molecular weight excluding hydrogens is 176 g/mol. The molecule has 72 valence electrons. The molecule has 14 heavy (non-hydrogen) atoms. The Hall–Kier alpha value is -1.79. The van der Waals surface area contributed by atoms with Crippen molar-refractivity contribution in [3.05, 3.63) is 35.0 Å². The Bertz CT molecular complexity index is 477. The molecule has 1 aromatic heterocycles. The van der Waals surface area contributed by atoms with E-state index < -0.39 is 0 Å². The number of aliphatic hydroxyl groups excluding tert-OH is 1. The molecule has 3 nitrogen and oxygen atoms in total. The standard InChI is InChI=1S/C11H12N2O/c1-3-4-11-9(2)7-10(8-12)13(11)5-6-14/h3-4,7,14H,1-2,5-6H2. The molecule has 0 fully saturated rings. The summed E-state index contributed by atoms with van der Waals surface area (Å²) in [5, 5.41) is 19.3. The lowest BCUT2D eigenvalue weighted by Gasteiger charge is -2.01. The van der Waals surface area contributed by atoms with Crippen LogP contribution in [0.5, 0.6) is 0 Å². The molecule has 0 amide bonds. The average Bonchev–Trinajstić information content (AvgIpc) is 2.47. The van der Waals surface area contributed by atoms with Crippen LogP contribution in [0, 0.1) is 11.3 Å². The third-order valence-corrected chi connectivity index (χ3v) is 1.94. The van der Waals surface area contributed by atoms with Gasteiger partial charge in [-0.1, -0.05) is 19.2 Å². The topological polar surface area (TPSA) is 49.0 Å². The van der Waals surface area contributed by atoms with E-state index in [9.17, 15) is 0 Å². The Morgan fingerprint density at radius 1 is 1.64 bits per heavy atom. The van der Waals surface area contributed by atoms with E-state index in [4.69, 9.17) is 10.4 Å². The van der Waals surface area contributed by atoms with E-state index in [0.29, 0.717) is 12.2 Å². The number of nitriles is 1. The summed E-state index contributed by atoms with van der Waals surface area (Å²) in [4.78, 5) is 0. The fourth-order valence-electron chi connectivity index (χ4n) is 1.36. The predicted octanol–water partition coefficient (Wildman–Crippen LogP) is -0.271. The van der Waals surface area contributed by atoms with E-state index in [1.807, 2.05) is 0 Å². The third kappa shape index (κ3) is 1.76. The van der Waals surface area contributed by atoms with Gasteiger partial charge in [-0.05, 0) is 17.4 Å². The maximum Gasteiger partial charge on any atom is 0.121 e. The normalized spacial score (nSPS) is 11.3. The second kappa shape index (κ2) is 4.45. The van der Waals surface area contributed by atoms with Crippen molar-refractivity contribution in [1.29, 1.82) is 5.26 Å². The molecule has 0 unspecified atom stereocenters. The van der Waals surface area contributed by atoms with Gasteiger partial charge in [0.1, 0.15) is 11.8 Å². The molecule has 1 heterocycles. The number of allylic oxidation sites excluding steroid dienone is 1. The van der Waals surface area contributed by atoms with Crippen LogP contribution >= 0.6 is 0 Å². The third-order valence-electron chi connectivity index (χ3n) is 1.94. The van der Waals surface area contributed by atoms with Crippen molar-refractivity contribution < 1.29 is 5.11 Å². The van der Waals surface area contributed by atoms with Crippen molar-refractivity contribution in [3.8, 4) is 6.07 Å². The van der Waals surface area contributed by atoms with E-state index in [2.05, 4.69) is 19.2 Å². The fourth-order valence-corrected chi connectivity index (χ4v) is 1.36. The number of aromatic nitrogens is 1. The van der Waals surface area contributed by atoms with Crippen molar-refractivity contribution in [3.63, 3.8) is 0 Å². The molecule has 0 saturated heterocycles. The highest BCUT2D eigenvalue weighted by Crippen LogP contribution is 1.90. The lowest BCUT2D eigenvalue weighted by Crippen LogP contribution is -2.29. The van der Waals surface area contributed by atoms with Gasteiger partial charge in [-0.2, -0.15) is 5.26 Å². The molecule has 3 heteroatoms. The van der Waals surface area contributed by atoms with Crippen LogP contribution in [0.15, 0.2) is 18.7 Å². The minimum atomic E-state index is 0.000777. The lowest BCUT2D eigenvalue weighted by atomic mass is 10.4. The van der Waals surface area contributed by atoms with Gasteiger partial charge in [-0.25, -0.2) is 0 Å². The van der Waals surface area contributed by atoms with Crippen molar-refractivity contribution >= 4 is 12.7 Å². The zero-order valence-electron chi connectivity index (χ0n) is 7.90. The van der Waals surface area contributed by atoms with E-state index in [1.54, 1.807) is 22.8 Å². The van der Waals surface area contributed by atoms with Gasteiger partial charge < -0.3 is 9.67 Å². The molecule has 0 atom stereocenters. The summed E-state index contributed by atoms with van der Waals surface area (Å²) in [5.74, 6) is 0. The van der Waals surface area contributed by atoms with Crippen LogP contribution in [-0.2, 0) is 6.54 Å². The summed E-state index contributed by atoms with van der Waals surface area (Å²) in [7, 11) is 0. The van der Waals surface area contributed by atoms with Crippen LogP contribution in [0.3, 0.4) is 0 Å². The first-order valence-corrected chi connectivity index (χ1v) is 4.26. The van der Waals surface area contributed by atoms with Crippen molar-refractivity contribution in [2.24, 2.45) is 0 Å². The van der Waals surface area contributed by atoms with E-state index in [0.717, 1.165) is 10.6 Å².